The first-order chi connectivity index (χ1) is 6.77. The molecule has 0 spiro atoms. The molecule has 1 heterocycles. The van der Waals surface area contributed by atoms with Crippen molar-refractivity contribution >= 4 is 44.4 Å². The number of rotatable bonds is 6. The van der Waals surface area contributed by atoms with Gasteiger partial charge in [-0.3, -0.25) is 0 Å². The van der Waals surface area contributed by atoms with Crippen LogP contribution >= 0.6 is 40.9 Å². The van der Waals surface area contributed by atoms with Crippen molar-refractivity contribution in [2.75, 3.05) is 0 Å². The van der Waals surface area contributed by atoms with Crippen LogP contribution in [0, 0.1) is 0 Å². The maximum atomic E-state index is 3.68. The van der Waals surface area contributed by atoms with Gasteiger partial charge < -0.3 is 0 Å². The molecular weight excluding hydrogens is 377 g/mol. The summed E-state index contributed by atoms with van der Waals surface area (Å²) in [4.78, 5) is 0. The molecule has 0 bridgehead atoms. The Balaban J connectivity index is 2.38. The second-order valence-corrected chi connectivity index (χ2v) is 12.1. The van der Waals surface area contributed by atoms with Crippen molar-refractivity contribution in [3.8, 4) is 0 Å². The summed E-state index contributed by atoms with van der Waals surface area (Å²) < 4.78 is 2.98. The molecule has 76 valence electrons. The molecule has 0 atom stereocenters. The fourth-order valence-corrected chi connectivity index (χ4v) is 9.04. The van der Waals surface area contributed by atoms with Gasteiger partial charge in [0.2, 0.25) is 0 Å². The van der Waals surface area contributed by atoms with Crippen LogP contribution in [0.2, 0.25) is 0 Å². The van der Waals surface area contributed by atoms with Crippen LogP contribution in [0.15, 0.2) is 9.85 Å². The zero-order chi connectivity index (χ0) is 10.4. The molecule has 0 amide bonds. The summed E-state index contributed by atoms with van der Waals surface area (Å²) in [6, 6.07) is 2.40. The minimum absolute atomic E-state index is 0.533. The zero-order valence-electron chi connectivity index (χ0n) is 8.48. The molecule has 0 aliphatic carbocycles. The molecule has 0 radical (unpaired) electrons. The average molecular weight is 391 g/mol. The van der Waals surface area contributed by atoms with Gasteiger partial charge in [0, 0.05) is 0 Å². The van der Waals surface area contributed by atoms with Crippen LogP contribution < -0.4 is 3.47 Å². The number of hydrogen-bond donors (Lipinski definition) is 0. The van der Waals surface area contributed by atoms with Crippen LogP contribution in [0.3, 0.4) is 0 Å². The van der Waals surface area contributed by atoms with Crippen molar-refractivity contribution in [1.82, 2.24) is 0 Å². The van der Waals surface area contributed by atoms with Gasteiger partial charge in [0.25, 0.3) is 0 Å². The van der Waals surface area contributed by atoms with Gasteiger partial charge in [-0.2, -0.15) is 0 Å². The van der Waals surface area contributed by atoms with E-state index >= 15 is 0 Å². The van der Waals surface area contributed by atoms with E-state index in [0.717, 1.165) is 0 Å². The van der Waals surface area contributed by atoms with Gasteiger partial charge in [-0.05, 0) is 0 Å². The molecule has 0 N–H and O–H groups in total. The van der Waals surface area contributed by atoms with Gasteiger partial charge in [0.05, 0.1) is 0 Å². The van der Waals surface area contributed by atoms with Crippen LogP contribution in [0.5, 0.6) is 0 Å². The Morgan fingerprint density at radius 2 is 2.14 bits per heavy atom. The van der Waals surface area contributed by atoms with E-state index in [-0.39, 0.29) is 0 Å². The fourth-order valence-electron chi connectivity index (χ4n) is 1.44. The van der Waals surface area contributed by atoms with E-state index in [0.29, 0.717) is 0 Å². The average Bonchev–Trinajstić information content (AvgIpc) is 2.54. The Morgan fingerprint density at radius 1 is 1.36 bits per heavy atom. The molecule has 0 unspecified atom stereocenters. The Kier molecular flexibility index (Phi) is 7.19. The van der Waals surface area contributed by atoms with Crippen LogP contribution in [-0.2, 0) is 21.6 Å². The summed E-state index contributed by atoms with van der Waals surface area (Å²) in [6.45, 7) is 2.26. The first kappa shape index (κ1) is 13.3. The van der Waals surface area contributed by atoms with E-state index in [1.807, 2.05) is 11.3 Å². The number of unbranched alkanes of at least 4 members (excludes halogenated alkanes) is 3. The van der Waals surface area contributed by atoms with Gasteiger partial charge in [-0.1, -0.05) is 0 Å². The van der Waals surface area contributed by atoms with Crippen molar-refractivity contribution in [2.24, 2.45) is 0 Å². The number of aryl methyl sites for hydroxylation is 1. The van der Waals surface area contributed by atoms with Crippen LogP contribution in [0.1, 0.15) is 38.2 Å². The monoisotopic (exact) mass is 388 g/mol. The molecule has 1 aromatic heterocycles. The summed E-state index contributed by atoms with van der Waals surface area (Å²) in [5.41, 5.74) is 1.53. The summed E-state index contributed by atoms with van der Waals surface area (Å²) in [7, 11) is 0. The topological polar surface area (TPSA) is 0 Å². The summed E-state index contributed by atoms with van der Waals surface area (Å²) in [5.74, 6) is 0. The fraction of sp³-hybridized carbons (Fsp3) is 0.600. The van der Waals surface area contributed by atoms with E-state index in [2.05, 4.69) is 42.5 Å². The van der Waals surface area contributed by atoms with Crippen molar-refractivity contribution in [3.63, 3.8) is 0 Å². The van der Waals surface area contributed by atoms with Crippen LogP contribution in [0.4, 0.5) is 0 Å². The van der Waals surface area contributed by atoms with E-state index in [4.69, 9.17) is 0 Å². The predicted octanol–water partition coefficient (Wildman–Crippen LogP) is 4.65. The first-order valence-corrected chi connectivity index (χ1v) is 15.1. The molecule has 0 aliphatic rings. The molecule has 0 saturated heterocycles. The Morgan fingerprint density at radius 3 is 2.71 bits per heavy atom. The van der Waals surface area contributed by atoms with Gasteiger partial charge in [0.15, 0.2) is 0 Å². The van der Waals surface area contributed by atoms with E-state index in [9.17, 15) is 0 Å². The van der Waals surface area contributed by atoms with Gasteiger partial charge >= 0.3 is 114 Å². The molecule has 0 aliphatic heterocycles. The second-order valence-electron chi connectivity index (χ2n) is 3.46. The molecule has 0 aromatic carbocycles. The van der Waals surface area contributed by atoms with Gasteiger partial charge in [-0.25, -0.2) is 0 Å². The SMILES string of the molecule is CCCCCCc1c[c]([Zn][Br])sc1Br. The van der Waals surface area contributed by atoms with E-state index in [1.54, 1.807) is 3.47 Å². The maximum absolute atomic E-state index is 3.68. The van der Waals surface area contributed by atoms with Crippen LogP contribution in [-0.4, -0.2) is 0 Å². The van der Waals surface area contributed by atoms with Crippen molar-refractivity contribution in [1.29, 1.82) is 0 Å². The summed E-state index contributed by atoms with van der Waals surface area (Å²) >= 11 is 8.73. The molecule has 0 saturated carbocycles. The number of thiophene rings is 1. The molecule has 0 fully saturated rings. The zero-order valence-corrected chi connectivity index (χ0v) is 15.4. The van der Waals surface area contributed by atoms with E-state index in [1.165, 1.54) is 41.5 Å². The van der Waals surface area contributed by atoms with Crippen molar-refractivity contribution < 1.29 is 15.2 Å². The third-order valence-electron chi connectivity index (χ3n) is 2.24. The third-order valence-corrected chi connectivity index (χ3v) is 11.8. The normalized spacial score (nSPS) is 10.2. The summed E-state index contributed by atoms with van der Waals surface area (Å²) in [6.07, 6.45) is 6.69. The Hall–Kier alpha value is 1.28. The quantitative estimate of drug-likeness (QED) is 0.489. The minimum atomic E-state index is -0.533. The van der Waals surface area contributed by atoms with Crippen molar-refractivity contribution in [3.05, 3.63) is 15.4 Å². The predicted molar refractivity (Wildman–Crippen MR) is 68.4 cm³/mol. The Bertz CT molecular complexity index is 273. The Labute approximate surface area is 113 Å². The first-order valence-electron chi connectivity index (χ1n) is 5.11. The second kappa shape index (κ2) is 7.54. The van der Waals surface area contributed by atoms with Gasteiger partial charge in [-0.15, -0.1) is 0 Å². The molecule has 1 rings (SSSR count). The molecule has 4 heteroatoms. The summed E-state index contributed by atoms with van der Waals surface area (Å²) in [5, 5.41) is 0. The number of halogens is 2. The number of hydrogen-bond acceptors (Lipinski definition) is 1. The van der Waals surface area contributed by atoms with Crippen LogP contribution in [0.25, 0.3) is 0 Å². The molecule has 1 aromatic rings. The van der Waals surface area contributed by atoms with Crippen molar-refractivity contribution in [2.45, 2.75) is 39.0 Å². The van der Waals surface area contributed by atoms with Gasteiger partial charge in [0.1, 0.15) is 0 Å². The molecule has 0 nitrogen and oxygen atoms in total. The standard InChI is InChI=1S/C10H14BrS.BrH.Zn/c1-2-3-4-5-6-9-7-8-12-10(9)11;;/h7H,2-6H2,1H3;1H;/q;;+1/p-1. The third kappa shape index (κ3) is 4.42. The van der Waals surface area contributed by atoms with E-state index < -0.39 is 15.2 Å². The molecular formula is C10H14Br2SZn. The molecule has 14 heavy (non-hydrogen) atoms.